The van der Waals surface area contributed by atoms with Crippen molar-refractivity contribution in [2.45, 2.75) is 50.9 Å². The normalized spacial score (nSPS) is 41.9. The Hall–Kier alpha value is -0.820. The minimum Gasteiger partial charge on any atom is -0.281 e. The highest BCUT2D eigenvalue weighted by Gasteiger charge is 2.60. The molecule has 0 spiro atoms. The minimum atomic E-state index is -0.212. The molecule has 4 fully saturated rings. The monoisotopic (exact) mass is 288 g/mol. The fourth-order valence-corrected chi connectivity index (χ4v) is 5.96. The molecule has 0 N–H and O–H groups in total. The van der Waals surface area contributed by atoms with Crippen molar-refractivity contribution in [2.24, 2.45) is 17.3 Å². The third-order valence-electron chi connectivity index (χ3n) is 6.14. The van der Waals surface area contributed by atoms with E-state index < -0.39 is 0 Å². The van der Waals surface area contributed by atoms with Gasteiger partial charge in [-0.1, -0.05) is 29.8 Å². The summed E-state index contributed by atoms with van der Waals surface area (Å²) in [4.78, 5) is 12.1. The Bertz CT molecular complexity index is 545. The number of rotatable bonds is 2. The highest BCUT2D eigenvalue weighted by Crippen LogP contribution is 2.66. The number of hydrogen-bond donors (Lipinski definition) is 0. The summed E-state index contributed by atoms with van der Waals surface area (Å²) in [7, 11) is 0. The van der Waals surface area contributed by atoms with E-state index in [-0.39, 0.29) is 16.1 Å². The summed E-state index contributed by atoms with van der Waals surface area (Å²) in [6.07, 6.45) is 6.91. The first-order valence-electron chi connectivity index (χ1n) is 7.79. The lowest BCUT2D eigenvalue weighted by molar-refractivity contribution is -0.138. The predicted molar refractivity (Wildman–Crippen MR) is 80.8 cm³/mol. The summed E-state index contributed by atoms with van der Waals surface area (Å²) >= 11 is 6.03. The molecule has 4 aliphatic carbocycles. The molecule has 2 unspecified atom stereocenters. The van der Waals surface area contributed by atoms with Crippen molar-refractivity contribution < 1.29 is 4.79 Å². The Morgan fingerprint density at radius 2 is 1.70 bits per heavy atom. The lowest BCUT2D eigenvalue weighted by Crippen LogP contribution is -2.55. The molecular formula is C18H21ClO. The predicted octanol–water partition coefficient (Wildman–Crippen LogP) is 4.60. The van der Waals surface area contributed by atoms with Gasteiger partial charge in [0.1, 0.15) is 0 Å². The zero-order valence-corrected chi connectivity index (χ0v) is 12.7. The minimum absolute atomic E-state index is 0.0666. The molecule has 4 saturated carbocycles. The molecule has 4 aliphatic rings. The zero-order chi connectivity index (χ0) is 14.0. The maximum absolute atomic E-state index is 12.1. The van der Waals surface area contributed by atoms with E-state index in [9.17, 15) is 4.79 Å². The van der Waals surface area contributed by atoms with Crippen LogP contribution in [0.3, 0.4) is 0 Å². The highest BCUT2D eigenvalue weighted by molar-refractivity contribution is 6.64. The maximum atomic E-state index is 12.1. The Kier molecular flexibility index (Phi) is 2.64. The van der Waals surface area contributed by atoms with Crippen LogP contribution in [0.4, 0.5) is 0 Å². The molecule has 1 nitrogen and oxygen atoms in total. The molecule has 0 radical (unpaired) electrons. The van der Waals surface area contributed by atoms with Gasteiger partial charge in [-0.3, -0.25) is 4.79 Å². The molecule has 1 aromatic carbocycles. The van der Waals surface area contributed by atoms with Gasteiger partial charge in [0.2, 0.25) is 5.24 Å². The number of benzene rings is 1. The van der Waals surface area contributed by atoms with Gasteiger partial charge >= 0.3 is 0 Å². The van der Waals surface area contributed by atoms with Crippen LogP contribution in [-0.4, -0.2) is 5.24 Å². The summed E-state index contributed by atoms with van der Waals surface area (Å²) < 4.78 is 0. The van der Waals surface area contributed by atoms with Crippen molar-refractivity contribution >= 4 is 16.8 Å². The molecule has 0 heterocycles. The van der Waals surface area contributed by atoms with Crippen LogP contribution in [-0.2, 0) is 10.2 Å². The fourth-order valence-electron chi connectivity index (χ4n) is 5.74. The third-order valence-corrected chi connectivity index (χ3v) is 6.54. The van der Waals surface area contributed by atoms with E-state index in [2.05, 4.69) is 31.2 Å². The van der Waals surface area contributed by atoms with E-state index in [0.29, 0.717) is 11.8 Å². The van der Waals surface area contributed by atoms with Gasteiger partial charge in [-0.05, 0) is 79.9 Å². The van der Waals surface area contributed by atoms with Crippen LogP contribution in [0.1, 0.15) is 49.7 Å². The molecule has 0 aromatic heterocycles. The van der Waals surface area contributed by atoms with E-state index >= 15 is 0 Å². The molecule has 2 heteroatoms. The van der Waals surface area contributed by atoms with Crippen LogP contribution in [0.15, 0.2) is 24.3 Å². The lowest BCUT2D eigenvalue weighted by Gasteiger charge is -2.61. The van der Waals surface area contributed by atoms with Crippen molar-refractivity contribution in [1.29, 1.82) is 0 Å². The molecule has 1 aromatic rings. The molecule has 20 heavy (non-hydrogen) atoms. The first-order chi connectivity index (χ1) is 9.51. The van der Waals surface area contributed by atoms with Crippen molar-refractivity contribution in [2.75, 3.05) is 0 Å². The van der Waals surface area contributed by atoms with Gasteiger partial charge in [-0.25, -0.2) is 0 Å². The first kappa shape index (κ1) is 12.9. The van der Waals surface area contributed by atoms with E-state index in [1.807, 2.05) is 0 Å². The lowest BCUT2D eigenvalue weighted by atomic mass is 9.43. The third kappa shape index (κ3) is 1.72. The van der Waals surface area contributed by atoms with Gasteiger partial charge in [-0.15, -0.1) is 0 Å². The average Bonchev–Trinajstić information content (AvgIpc) is 2.37. The van der Waals surface area contributed by atoms with Gasteiger partial charge in [0.15, 0.2) is 0 Å². The summed E-state index contributed by atoms with van der Waals surface area (Å²) in [5.41, 5.74) is 2.76. The van der Waals surface area contributed by atoms with Crippen LogP contribution in [0.2, 0.25) is 0 Å². The quantitative estimate of drug-likeness (QED) is 0.727. The van der Waals surface area contributed by atoms with E-state index in [0.717, 1.165) is 19.3 Å². The first-order valence-corrected chi connectivity index (χ1v) is 8.16. The molecule has 4 bridgehead atoms. The van der Waals surface area contributed by atoms with Crippen LogP contribution in [0.5, 0.6) is 0 Å². The van der Waals surface area contributed by atoms with Crippen LogP contribution < -0.4 is 0 Å². The van der Waals surface area contributed by atoms with E-state index in [4.69, 9.17) is 11.6 Å². The molecule has 2 atom stereocenters. The van der Waals surface area contributed by atoms with E-state index in [1.165, 1.54) is 30.4 Å². The Morgan fingerprint density at radius 1 is 1.10 bits per heavy atom. The Balaban J connectivity index is 1.79. The van der Waals surface area contributed by atoms with Crippen LogP contribution in [0.25, 0.3) is 0 Å². The number of halogens is 1. The van der Waals surface area contributed by atoms with Crippen LogP contribution >= 0.6 is 11.6 Å². The second kappa shape index (κ2) is 4.10. The second-order valence-corrected chi connectivity index (χ2v) is 8.00. The summed E-state index contributed by atoms with van der Waals surface area (Å²) in [6, 6.07) is 9.00. The van der Waals surface area contributed by atoms with E-state index in [1.54, 1.807) is 0 Å². The summed E-state index contributed by atoms with van der Waals surface area (Å²) in [5.74, 6) is 1.42. The summed E-state index contributed by atoms with van der Waals surface area (Å²) in [6.45, 7) is 2.13. The maximum Gasteiger partial charge on any atom is 0.227 e. The number of carbonyl (C=O) groups is 1. The topological polar surface area (TPSA) is 17.1 Å². The molecule has 106 valence electrons. The molecular weight excluding hydrogens is 268 g/mol. The van der Waals surface area contributed by atoms with Gasteiger partial charge in [-0.2, -0.15) is 0 Å². The van der Waals surface area contributed by atoms with Crippen molar-refractivity contribution in [1.82, 2.24) is 0 Å². The van der Waals surface area contributed by atoms with Gasteiger partial charge < -0.3 is 0 Å². The molecule has 0 amide bonds. The molecule has 5 rings (SSSR count). The SMILES string of the molecule is Cc1ccc(C23CC4CC(CC(C(=O)Cl)(C4)C2)C3)cc1. The second-order valence-electron chi connectivity index (χ2n) is 7.66. The Morgan fingerprint density at radius 3 is 2.25 bits per heavy atom. The number of aryl methyl sites for hydroxylation is 1. The largest absolute Gasteiger partial charge is 0.281 e. The van der Waals surface area contributed by atoms with Crippen LogP contribution in [0, 0.1) is 24.2 Å². The fraction of sp³-hybridized carbons (Fsp3) is 0.611. The van der Waals surface area contributed by atoms with Gasteiger partial charge in [0, 0.05) is 5.41 Å². The van der Waals surface area contributed by atoms with Gasteiger partial charge in [0.05, 0.1) is 0 Å². The Labute approximate surface area is 125 Å². The zero-order valence-electron chi connectivity index (χ0n) is 12.0. The van der Waals surface area contributed by atoms with Crippen molar-refractivity contribution in [3.63, 3.8) is 0 Å². The summed E-state index contributed by atoms with van der Waals surface area (Å²) in [5, 5.41) is -0.0666. The average molecular weight is 289 g/mol. The number of hydrogen-bond acceptors (Lipinski definition) is 1. The smallest absolute Gasteiger partial charge is 0.227 e. The molecule has 0 saturated heterocycles. The molecule has 0 aliphatic heterocycles. The van der Waals surface area contributed by atoms with Gasteiger partial charge in [0.25, 0.3) is 0 Å². The number of carbonyl (C=O) groups excluding carboxylic acids is 1. The van der Waals surface area contributed by atoms with Crippen molar-refractivity contribution in [3.05, 3.63) is 35.4 Å². The highest BCUT2D eigenvalue weighted by atomic mass is 35.5. The van der Waals surface area contributed by atoms with Crippen molar-refractivity contribution in [3.8, 4) is 0 Å². The standard InChI is InChI=1S/C18H21ClO/c1-12-2-4-15(5-3-12)17-7-13-6-14(8-17)10-18(9-13,11-17)16(19)20/h2-5,13-14H,6-11H2,1H3.